The Labute approximate surface area is 339 Å². The molecule has 0 bridgehead atoms. The highest BCUT2D eigenvalue weighted by Crippen LogP contribution is 2.43. The molecule has 0 aliphatic rings. The van der Waals surface area contributed by atoms with E-state index in [0.717, 1.165) is 57.8 Å². The van der Waals surface area contributed by atoms with Crippen LogP contribution < -0.4 is 5.73 Å². The summed E-state index contributed by atoms with van der Waals surface area (Å²) in [6.07, 6.45) is 50.3. The van der Waals surface area contributed by atoms with E-state index in [9.17, 15) is 14.3 Å². The largest absolute Gasteiger partial charge is 0.472 e. The molecule has 0 amide bonds. The quantitative estimate of drug-likeness (QED) is 0.0271. The average molecular weight is 798 g/mol. The third-order valence-corrected chi connectivity index (χ3v) is 10.8. The first-order valence-corrected chi connectivity index (χ1v) is 24.5. The molecule has 0 heterocycles. The van der Waals surface area contributed by atoms with Gasteiger partial charge in [0.25, 0.3) is 0 Å². The highest BCUT2D eigenvalue weighted by atomic mass is 31.2. The third-order valence-electron chi connectivity index (χ3n) is 9.78. The van der Waals surface area contributed by atoms with E-state index < -0.39 is 13.9 Å². The summed E-state index contributed by atoms with van der Waals surface area (Å²) in [7, 11) is -4.28. The van der Waals surface area contributed by atoms with Crippen molar-refractivity contribution in [2.45, 2.75) is 219 Å². The summed E-state index contributed by atoms with van der Waals surface area (Å²) in [5.41, 5.74) is 5.37. The lowest BCUT2D eigenvalue weighted by Crippen LogP contribution is -2.28. The summed E-state index contributed by atoms with van der Waals surface area (Å²) in [4.78, 5) is 22.5. The van der Waals surface area contributed by atoms with Gasteiger partial charge in [0.1, 0.15) is 6.10 Å². The molecule has 0 rings (SSSR count). The molecular weight excluding hydrogens is 709 g/mol. The van der Waals surface area contributed by atoms with E-state index in [1.165, 1.54) is 135 Å². The Hall–Kier alpha value is -1.28. The summed E-state index contributed by atoms with van der Waals surface area (Å²) >= 11 is 0. The van der Waals surface area contributed by atoms with Crippen molar-refractivity contribution in [3.05, 3.63) is 36.5 Å². The number of phosphoric ester groups is 1. The molecule has 2 unspecified atom stereocenters. The second kappa shape index (κ2) is 43.8. The Morgan fingerprint density at radius 3 is 1.49 bits per heavy atom. The van der Waals surface area contributed by atoms with Crippen LogP contribution in [0.15, 0.2) is 36.5 Å². The van der Waals surface area contributed by atoms with Crippen molar-refractivity contribution >= 4 is 13.8 Å². The molecule has 8 nitrogen and oxygen atoms in total. The second-order valence-corrected chi connectivity index (χ2v) is 16.7. The van der Waals surface area contributed by atoms with Crippen molar-refractivity contribution in [3.8, 4) is 0 Å². The van der Waals surface area contributed by atoms with Crippen molar-refractivity contribution in [3.63, 3.8) is 0 Å². The number of carbonyl (C=O) groups is 1. The maximum Gasteiger partial charge on any atom is 0.472 e. The minimum absolute atomic E-state index is 0.0977. The number of esters is 1. The maximum absolute atomic E-state index is 12.6. The molecule has 0 aliphatic heterocycles. The lowest BCUT2D eigenvalue weighted by Gasteiger charge is -2.20. The highest BCUT2D eigenvalue weighted by Gasteiger charge is 2.25. The van der Waals surface area contributed by atoms with Gasteiger partial charge in [-0.2, -0.15) is 0 Å². The molecule has 0 saturated heterocycles. The van der Waals surface area contributed by atoms with E-state index in [4.69, 9.17) is 24.3 Å². The summed E-state index contributed by atoms with van der Waals surface area (Å²) in [6, 6.07) is 0. The van der Waals surface area contributed by atoms with Crippen molar-refractivity contribution in [2.75, 3.05) is 33.0 Å². The van der Waals surface area contributed by atoms with E-state index in [1.54, 1.807) is 0 Å². The fourth-order valence-corrected chi connectivity index (χ4v) is 7.13. The van der Waals surface area contributed by atoms with Gasteiger partial charge in [0.05, 0.1) is 19.8 Å². The van der Waals surface area contributed by atoms with Crippen LogP contribution in [0.25, 0.3) is 0 Å². The first-order valence-electron chi connectivity index (χ1n) is 23.0. The van der Waals surface area contributed by atoms with Crippen LogP contribution in [0.1, 0.15) is 213 Å². The number of rotatable bonds is 44. The van der Waals surface area contributed by atoms with Gasteiger partial charge in [-0.05, 0) is 64.2 Å². The minimum atomic E-state index is -4.28. The molecule has 9 heteroatoms. The number of allylic oxidation sites excluding steroid dienone is 6. The van der Waals surface area contributed by atoms with Crippen LogP contribution in [0.5, 0.6) is 0 Å². The molecule has 0 fully saturated rings. The zero-order valence-corrected chi connectivity index (χ0v) is 36.8. The Morgan fingerprint density at radius 2 is 0.982 bits per heavy atom. The predicted molar refractivity (Wildman–Crippen MR) is 233 cm³/mol. The highest BCUT2D eigenvalue weighted by molar-refractivity contribution is 7.47. The van der Waals surface area contributed by atoms with Gasteiger partial charge < -0.3 is 20.1 Å². The molecule has 0 aromatic rings. The number of hydrogen-bond donors (Lipinski definition) is 2. The van der Waals surface area contributed by atoms with E-state index >= 15 is 0 Å². The predicted octanol–water partition coefficient (Wildman–Crippen LogP) is 13.8. The van der Waals surface area contributed by atoms with E-state index in [0.29, 0.717) is 13.0 Å². The normalized spacial score (nSPS) is 13.7. The Morgan fingerprint density at radius 1 is 0.545 bits per heavy atom. The van der Waals surface area contributed by atoms with Crippen molar-refractivity contribution < 1.29 is 32.8 Å². The Kier molecular flexibility index (Phi) is 42.8. The molecule has 0 saturated carbocycles. The van der Waals surface area contributed by atoms with Gasteiger partial charge in [-0.15, -0.1) is 0 Å². The van der Waals surface area contributed by atoms with Gasteiger partial charge in [0.15, 0.2) is 0 Å². The molecule has 0 aromatic heterocycles. The van der Waals surface area contributed by atoms with Crippen LogP contribution in [0.3, 0.4) is 0 Å². The number of unbranched alkanes of at least 4 members (excludes halogenated alkanes) is 25. The van der Waals surface area contributed by atoms with Gasteiger partial charge >= 0.3 is 13.8 Å². The van der Waals surface area contributed by atoms with Gasteiger partial charge in [-0.25, -0.2) is 4.57 Å². The number of nitrogens with two attached hydrogens (primary N) is 1. The van der Waals surface area contributed by atoms with Gasteiger partial charge in [0.2, 0.25) is 0 Å². The maximum atomic E-state index is 12.6. The van der Waals surface area contributed by atoms with Crippen LogP contribution in [0.4, 0.5) is 0 Å². The lowest BCUT2D eigenvalue weighted by molar-refractivity contribution is -0.154. The fraction of sp³-hybridized carbons (Fsp3) is 0.848. The molecule has 55 heavy (non-hydrogen) atoms. The summed E-state index contributed by atoms with van der Waals surface area (Å²) in [5, 5.41) is 0. The van der Waals surface area contributed by atoms with Crippen LogP contribution >= 0.6 is 7.82 Å². The zero-order chi connectivity index (χ0) is 40.2. The SMILES string of the molecule is CCCC/C=C\C/C=C\CCCCCCCC(=O)OC(COCCCCCCCCCCCC/C=C\CCCCCCCCCC)COP(=O)(O)OCCN. The van der Waals surface area contributed by atoms with Crippen LogP contribution in [-0.4, -0.2) is 49.9 Å². The molecule has 0 radical (unpaired) electrons. The fourth-order valence-electron chi connectivity index (χ4n) is 6.36. The average Bonchev–Trinajstić information content (AvgIpc) is 3.17. The lowest BCUT2D eigenvalue weighted by atomic mass is 10.1. The van der Waals surface area contributed by atoms with Crippen LogP contribution in [0.2, 0.25) is 0 Å². The van der Waals surface area contributed by atoms with Crippen molar-refractivity contribution in [2.24, 2.45) is 5.73 Å². The number of carbonyl (C=O) groups excluding carboxylic acids is 1. The second-order valence-electron chi connectivity index (χ2n) is 15.3. The van der Waals surface area contributed by atoms with E-state index in [2.05, 4.69) is 50.3 Å². The zero-order valence-electron chi connectivity index (χ0n) is 35.9. The molecule has 0 spiro atoms. The van der Waals surface area contributed by atoms with Gasteiger partial charge in [-0.3, -0.25) is 13.8 Å². The summed E-state index contributed by atoms with van der Waals surface area (Å²) in [5.74, 6) is -0.344. The molecular formula is C46H88NO7P. The summed E-state index contributed by atoms with van der Waals surface area (Å²) < 4.78 is 33.4. The van der Waals surface area contributed by atoms with Crippen LogP contribution in [0, 0.1) is 0 Å². The topological polar surface area (TPSA) is 117 Å². The third kappa shape index (κ3) is 43.7. The standard InChI is InChI=1S/C46H88NO7P/c1-3-5-7-9-11-13-15-17-19-20-21-22-23-24-25-26-28-30-32-34-36-38-41-51-43-45(44-53-55(49,50)52-42-40-47)54-46(48)39-37-35-33-31-29-27-18-16-14-12-10-8-6-4-2/h10,12,16,18,20-21,45H,3-9,11,13-15,17,19,22-44,47H2,1-2H3,(H,49,50)/b12-10-,18-16-,21-20-. The minimum Gasteiger partial charge on any atom is -0.457 e. The summed E-state index contributed by atoms with van der Waals surface area (Å²) in [6.45, 7) is 4.88. The monoisotopic (exact) mass is 798 g/mol. The Bertz CT molecular complexity index is 941. The number of ether oxygens (including phenoxy) is 2. The van der Waals surface area contributed by atoms with Crippen molar-refractivity contribution in [1.82, 2.24) is 0 Å². The molecule has 3 N–H and O–H groups in total. The first kappa shape index (κ1) is 53.7. The molecule has 0 aliphatic carbocycles. The van der Waals surface area contributed by atoms with E-state index in [-0.39, 0.29) is 32.3 Å². The smallest absolute Gasteiger partial charge is 0.457 e. The molecule has 0 aromatic carbocycles. The van der Waals surface area contributed by atoms with Crippen molar-refractivity contribution in [1.29, 1.82) is 0 Å². The Balaban J connectivity index is 3.96. The van der Waals surface area contributed by atoms with Gasteiger partial charge in [-0.1, -0.05) is 179 Å². The van der Waals surface area contributed by atoms with E-state index in [1.807, 2.05) is 0 Å². The van der Waals surface area contributed by atoms with Crippen LogP contribution in [-0.2, 0) is 27.9 Å². The first-order chi connectivity index (χ1) is 26.9. The number of hydrogen-bond acceptors (Lipinski definition) is 7. The number of phosphoric acid groups is 1. The van der Waals surface area contributed by atoms with Gasteiger partial charge in [0, 0.05) is 19.6 Å². The molecule has 2 atom stereocenters. The molecule has 324 valence electrons.